The number of aromatic nitrogens is 10. The molecule has 6 aromatic heterocycles. The molecule has 0 fully saturated rings. The summed E-state index contributed by atoms with van der Waals surface area (Å²) in [6, 6.07) is 119. The van der Waals surface area contributed by atoms with Crippen molar-refractivity contribution in [3.8, 4) is 134 Å². The molecule has 0 spiro atoms. The van der Waals surface area contributed by atoms with Gasteiger partial charge in [0.1, 0.15) is 10.0 Å². The van der Waals surface area contributed by atoms with Gasteiger partial charge in [0.05, 0.1) is 42.5 Å². The van der Waals surface area contributed by atoms with Gasteiger partial charge in [-0.25, -0.2) is 39.9 Å². The van der Waals surface area contributed by atoms with E-state index in [4.69, 9.17) is 39.9 Å². The highest BCUT2D eigenvalue weighted by Crippen LogP contribution is 2.45. The van der Waals surface area contributed by atoms with Gasteiger partial charge in [-0.2, -0.15) is 0 Å². The molecule has 0 aliphatic rings. The fraction of sp³-hybridized carbons (Fsp3) is 0. The molecular weight excluding hydrogens is 1310 g/mol. The molecule has 0 atom stereocenters. The fourth-order valence-corrected chi connectivity index (χ4v) is 16.4. The summed E-state index contributed by atoms with van der Waals surface area (Å²) in [7, 11) is 0. The molecule has 14 aromatic carbocycles. The Bertz CT molecular complexity index is 6560. The largest absolute Gasteiger partial charge is 0.309 e. The zero-order valence-corrected chi connectivity index (χ0v) is 57.3. The Kier molecular flexibility index (Phi) is 14.7. The lowest BCUT2D eigenvalue weighted by Gasteiger charge is -2.13. The summed E-state index contributed by atoms with van der Waals surface area (Å²) in [5.41, 5.74) is 22.6. The normalized spacial score (nSPS) is 11.7. The number of nitrogens with zero attached hydrogens (tertiary/aromatic N) is 10. The first-order chi connectivity index (χ1) is 51.5. The molecule has 20 aromatic rings. The quantitative estimate of drug-likeness (QED) is 0.112. The molecule has 486 valence electrons. The molecule has 0 unspecified atom stereocenters. The van der Waals surface area contributed by atoms with Gasteiger partial charge in [-0.3, -0.25) is 0 Å². The topological polar surface area (TPSA) is 113 Å². The lowest BCUT2D eigenvalue weighted by atomic mass is 9.96. The lowest BCUT2D eigenvalue weighted by molar-refractivity contribution is 1.07. The molecule has 0 amide bonds. The lowest BCUT2D eigenvalue weighted by Crippen LogP contribution is -2.00. The van der Waals surface area contributed by atoms with Crippen molar-refractivity contribution in [2.45, 2.75) is 0 Å². The van der Waals surface area contributed by atoms with Crippen molar-refractivity contribution in [3.63, 3.8) is 0 Å². The average Bonchev–Trinajstić information content (AvgIpc) is 1.58. The average molecular weight is 1370 g/mol. The predicted octanol–water partition coefficient (Wildman–Crippen LogP) is 23.8. The van der Waals surface area contributed by atoms with E-state index in [1.807, 2.05) is 84.9 Å². The van der Waals surface area contributed by atoms with Crippen molar-refractivity contribution < 1.29 is 0 Å². The second kappa shape index (κ2) is 25.3. The van der Waals surface area contributed by atoms with E-state index in [-0.39, 0.29) is 0 Å². The van der Waals surface area contributed by atoms with Crippen LogP contribution in [0.1, 0.15) is 0 Å². The molecule has 0 bridgehead atoms. The predicted molar refractivity (Wildman–Crippen MR) is 428 cm³/mol. The summed E-state index contributed by atoms with van der Waals surface area (Å²) in [4.78, 5) is 40.9. The third-order valence-corrected chi connectivity index (χ3v) is 21.7. The van der Waals surface area contributed by atoms with E-state index in [2.05, 4.69) is 264 Å². The molecule has 104 heavy (non-hydrogen) atoms. The molecule has 0 aliphatic carbocycles. The first-order valence-corrected chi connectivity index (χ1v) is 36.2. The molecule has 0 saturated heterocycles. The van der Waals surface area contributed by atoms with Crippen LogP contribution in [0.2, 0.25) is 0 Å². The third kappa shape index (κ3) is 10.9. The van der Waals surface area contributed by atoms with Crippen LogP contribution < -0.4 is 0 Å². The molecular formula is C92H56N10S2. The van der Waals surface area contributed by atoms with Gasteiger partial charge in [0, 0.05) is 77.4 Å². The van der Waals surface area contributed by atoms with E-state index in [0.29, 0.717) is 34.9 Å². The van der Waals surface area contributed by atoms with Gasteiger partial charge in [-0.05, 0) is 118 Å². The standard InChI is InChI=1S/C92H56N10S2/c1-4-19-61(20-5-1)85-95-86(62-21-6-2-7-22-62)97-88(96-85)64-39-35-57(36-40-64)58-43-48-70(49-44-58)102-80-32-15-11-28-72(80)75-55-74(76(56-82(75)102)92-94-78-30-13-17-34-84(78)104-92)60-37-41-65(42-38-60)89-98-87(63-23-8-3-9-24-63)99-90(100-89)67-26-18-25-66(53-67)59-45-50-69(51-46-59)101-79-31-14-10-27-71(79)73-52-47-68(54-81(73)101)91-93-77-29-12-16-33-83(77)103-91/h1-56H. The minimum absolute atomic E-state index is 0.579. The summed E-state index contributed by atoms with van der Waals surface area (Å²) in [6.07, 6.45) is 0. The van der Waals surface area contributed by atoms with Crippen molar-refractivity contribution in [2.75, 3.05) is 0 Å². The Morgan fingerprint density at radius 3 is 1.07 bits per heavy atom. The summed E-state index contributed by atoms with van der Waals surface area (Å²) < 4.78 is 7.07. The molecule has 0 saturated carbocycles. The van der Waals surface area contributed by atoms with Gasteiger partial charge >= 0.3 is 0 Å². The van der Waals surface area contributed by atoms with Crippen LogP contribution in [0.25, 0.3) is 198 Å². The number of benzene rings is 14. The summed E-state index contributed by atoms with van der Waals surface area (Å²) in [5.74, 6) is 3.65. The van der Waals surface area contributed by atoms with E-state index >= 15 is 0 Å². The molecule has 0 radical (unpaired) electrons. The van der Waals surface area contributed by atoms with E-state index in [1.54, 1.807) is 22.7 Å². The number of hydrogen-bond donors (Lipinski definition) is 0. The van der Waals surface area contributed by atoms with Crippen LogP contribution in [-0.2, 0) is 0 Å². The highest BCUT2D eigenvalue weighted by molar-refractivity contribution is 7.22. The molecule has 10 nitrogen and oxygen atoms in total. The highest BCUT2D eigenvalue weighted by Gasteiger charge is 2.23. The highest BCUT2D eigenvalue weighted by atomic mass is 32.1. The van der Waals surface area contributed by atoms with Crippen LogP contribution in [0.15, 0.2) is 340 Å². The van der Waals surface area contributed by atoms with Gasteiger partial charge < -0.3 is 9.13 Å². The summed E-state index contributed by atoms with van der Waals surface area (Å²) in [6.45, 7) is 0. The Hall–Kier alpha value is -13.5. The molecule has 12 heteroatoms. The van der Waals surface area contributed by atoms with Crippen molar-refractivity contribution in [2.24, 2.45) is 0 Å². The zero-order chi connectivity index (χ0) is 68.6. The fourth-order valence-electron chi connectivity index (χ4n) is 14.4. The van der Waals surface area contributed by atoms with Gasteiger partial charge in [0.15, 0.2) is 34.9 Å². The van der Waals surface area contributed by atoms with Crippen LogP contribution in [0.5, 0.6) is 0 Å². The van der Waals surface area contributed by atoms with Gasteiger partial charge in [-0.1, -0.05) is 255 Å². The minimum Gasteiger partial charge on any atom is -0.309 e. The van der Waals surface area contributed by atoms with Crippen molar-refractivity contribution >= 4 is 86.7 Å². The van der Waals surface area contributed by atoms with Crippen molar-refractivity contribution in [1.29, 1.82) is 0 Å². The third-order valence-electron chi connectivity index (χ3n) is 19.6. The van der Waals surface area contributed by atoms with E-state index in [9.17, 15) is 0 Å². The Labute approximate surface area is 605 Å². The molecule has 0 N–H and O–H groups in total. The molecule has 0 aliphatic heterocycles. The first-order valence-electron chi connectivity index (χ1n) is 34.5. The van der Waals surface area contributed by atoms with Gasteiger partial charge in [-0.15, -0.1) is 22.7 Å². The van der Waals surface area contributed by atoms with Crippen molar-refractivity contribution in [3.05, 3.63) is 340 Å². The van der Waals surface area contributed by atoms with Crippen molar-refractivity contribution in [1.82, 2.24) is 49.0 Å². The van der Waals surface area contributed by atoms with Crippen LogP contribution in [0.3, 0.4) is 0 Å². The maximum Gasteiger partial charge on any atom is 0.164 e. The molecule has 6 heterocycles. The number of hydrogen-bond acceptors (Lipinski definition) is 10. The van der Waals surface area contributed by atoms with Crippen LogP contribution >= 0.6 is 22.7 Å². The van der Waals surface area contributed by atoms with Crippen LogP contribution in [0.4, 0.5) is 0 Å². The number of rotatable bonds is 13. The van der Waals surface area contributed by atoms with E-state index < -0.39 is 0 Å². The maximum atomic E-state index is 5.33. The molecule has 20 rings (SSSR count). The number of fused-ring (bicyclic) bond motifs is 8. The monoisotopic (exact) mass is 1360 g/mol. The van der Waals surface area contributed by atoms with Gasteiger partial charge in [0.25, 0.3) is 0 Å². The van der Waals surface area contributed by atoms with Crippen LogP contribution in [0, 0.1) is 0 Å². The Balaban J connectivity index is 0.633. The number of para-hydroxylation sites is 4. The zero-order valence-electron chi connectivity index (χ0n) is 55.6. The smallest absolute Gasteiger partial charge is 0.164 e. The second-order valence-electron chi connectivity index (χ2n) is 25.9. The van der Waals surface area contributed by atoms with E-state index in [0.717, 1.165) is 148 Å². The Morgan fingerprint density at radius 1 is 0.192 bits per heavy atom. The summed E-state index contributed by atoms with van der Waals surface area (Å²) >= 11 is 3.44. The first kappa shape index (κ1) is 60.4. The minimum atomic E-state index is 0.579. The SMILES string of the molecule is c1ccc(-c2nc(-c3ccccc3)nc(-c3ccc(-c4ccc(-n5c6ccccc6c6cc(-c7ccc(-c8nc(-c9ccccc9)nc(-c9cccc(-c%10ccc(-n%11c%12ccccc%12c%12ccc(-c%13nc%14ccccc%14s%13)cc%12%11)cc%10)c9)n8)cc7)c(-c7nc8ccccc8s7)cc65)cc4)cc3)n2)cc1. The second-order valence-corrected chi connectivity index (χ2v) is 27.9. The summed E-state index contributed by atoms with van der Waals surface area (Å²) in [5, 5.41) is 6.66. The number of thiazole rings is 2. The van der Waals surface area contributed by atoms with E-state index in [1.165, 1.54) is 15.5 Å². The Morgan fingerprint density at radius 2 is 0.548 bits per heavy atom. The van der Waals surface area contributed by atoms with Crippen LogP contribution in [-0.4, -0.2) is 49.0 Å². The maximum absolute atomic E-state index is 5.33. The van der Waals surface area contributed by atoms with Gasteiger partial charge in [0.2, 0.25) is 0 Å².